The number of nitrogens with one attached hydrogen (secondary N) is 1. The number of hydrogen-bond donors (Lipinski definition) is 2. The Morgan fingerprint density at radius 3 is 2.41 bits per heavy atom. The van der Waals surface area contributed by atoms with Crippen LogP contribution < -0.4 is 5.32 Å². The molecular formula is C29H42N2O6. The first kappa shape index (κ1) is 27.6. The van der Waals surface area contributed by atoms with Gasteiger partial charge < -0.3 is 24.8 Å². The molecule has 0 aliphatic carbocycles. The summed E-state index contributed by atoms with van der Waals surface area (Å²) in [6.07, 6.45) is 1.73. The molecule has 8 heteroatoms. The summed E-state index contributed by atoms with van der Waals surface area (Å²) in [7, 11) is 0. The molecule has 1 aromatic rings. The first-order valence-electron chi connectivity index (χ1n) is 13.4. The van der Waals surface area contributed by atoms with Crippen molar-refractivity contribution >= 4 is 17.8 Å². The molecule has 2 bridgehead atoms. The van der Waals surface area contributed by atoms with Gasteiger partial charge in [0.1, 0.15) is 17.6 Å². The van der Waals surface area contributed by atoms with Crippen molar-refractivity contribution in [2.24, 2.45) is 17.3 Å². The molecule has 37 heavy (non-hydrogen) atoms. The molecule has 2 unspecified atom stereocenters. The Balaban J connectivity index is 1.81. The number of fused-ring (bicyclic) bond motifs is 1. The molecule has 2 N–H and O–H groups in total. The predicted molar refractivity (Wildman–Crippen MR) is 138 cm³/mol. The Labute approximate surface area is 220 Å². The largest absolute Gasteiger partial charge is 0.466 e. The number of likely N-dealkylation sites (tertiary alicyclic amines) is 1. The molecule has 0 aromatic heterocycles. The molecule has 3 heterocycles. The van der Waals surface area contributed by atoms with Crippen LogP contribution in [0.15, 0.2) is 30.3 Å². The fourth-order valence-electron chi connectivity index (χ4n) is 7.39. The van der Waals surface area contributed by atoms with Gasteiger partial charge in [0, 0.05) is 5.54 Å². The van der Waals surface area contributed by atoms with Crippen molar-refractivity contribution in [3.8, 4) is 0 Å². The summed E-state index contributed by atoms with van der Waals surface area (Å²) >= 11 is 0. The number of aliphatic hydroxyl groups is 1. The number of carbonyl (C=O) groups excluding carboxylic acids is 3. The zero-order chi connectivity index (χ0) is 27.4. The van der Waals surface area contributed by atoms with Crippen LogP contribution in [0.3, 0.4) is 0 Å². The van der Waals surface area contributed by atoms with Gasteiger partial charge in [0.2, 0.25) is 11.8 Å². The first-order valence-corrected chi connectivity index (χ1v) is 13.4. The zero-order valence-electron chi connectivity index (χ0n) is 23.2. The van der Waals surface area contributed by atoms with E-state index in [-0.39, 0.29) is 30.4 Å². The highest BCUT2D eigenvalue weighted by molar-refractivity contribution is 5.99. The summed E-state index contributed by atoms with van der Waals surface area (Å²) in [4.78, 5) is 43.1. The number of hydrogen-bond acceptors (Lipinski definition) is 6. The van der Waals surface area contributed by atoms with Crippen LogP contribution in [0.2, 0.25) is 0 Å². The number of esters is 1. The highest BCUT2D eigenvalue weighted by atomic mass is 16.6. The van der Waals surface area contributed by atoms with Gasteiger partial charge in [-0.1, -0.05) is 51.1 Å². The van der Waals surface area contributed by atoms with Gasteiger partial charge in [-0.15, -0.1) is 0 Å². The van der Waals surface area contributed by atoms with Crippen LogP contribution in [-0.2, 0) is 23.9 Å². The third kappa shape index (κ3) is 4.67. The summed E-state index contributed by atoms with van der Waals surface area (Å²) in [5.74, 6) is -2.82. The minimum atomic E-state index is -1.17. The topological polar surface area (TPSA) is 105 Å². The van der Waals surface area contributed by atoms with Gasteiger partial charge >= 0.3 is 5.97 Å². The van der Waals surface area contributed by atoms with E-state index in [2.05, 4.69) is 26.1 Å². The van der Waals surface area contributed by atoms with E-state index in [1.165, 1.54) is 4.90 Å². The Morgan fingerprint density at radius 1 is 1.19 bits per heavy atom. The lowest BCUT2D eigenvalue weighted by Gasteiger charge is -2.40. The standard InChI is InChI=1S/C29H42N2O6/c1-8-36-25(35)21-20-24(34)31(19(16-32)18-12-10-9-11-13-18)22(29(20)15-14-28(21,7)37-29)23(33)30-27(5,6)17-26(2,3)4/h9-13,19-22,32H,8,14-17H2,1-7H3,(H,30,33)/t19-,20+,21+,22?,28-,29?/m1/s1. The van der Waals surface area contributed by atoms with Crippen LogP contribution in [-0.4, -0.2) is 63.8 Å². The van der Waals surface area contributed by atoms with Crippen molar-refractivity contribution in [2.75, 3.05) is 13.2 Å². The summed E-state index contributed by atoms with van der Waals surface area (Å²) < 4.78 is 12.0. The number of nitrogens with zero attached hydrogens (tertiary/aromatic N) is 1. The van der Waals surface area contributed by atoms with Crippen molar-refractivity contribution in [3.05, 3.63) is 35.9 Å². The quantitative estimate of drug-likeness (QED) is 0.516. The van der Waals surface area contributed by atoms with E-state index in [1.54, 1.807) is 6.92 Å². The van der Waals surface area contributed by atoms with Crippen molar-refractivity contribution in [3.63, 3.8) is 0 Å². The minimum Gasteiger partial charge on any atom is -0.466 e. The fourth-order valence-corrected chi connectivity index (χ4v) is 7.39. The molecule has 4 rings (SSSR count). The molecule has 0 radical (unpaired) electrons. The van der Waals surface area contributed by atoms with Gasteiger partial charge in [-0.2, -0.15) is 0 Å². The first-order chi connectivity index (χ1) is 17.2. The normalized spacial score (nSPS) is 31.8. The van der Waals surface area contributed by atoms with E-state index in [0.29, 0.717) is 12.8 Å². The molecule has 8 nitrogen and oxygen atoms in total. The van der Waals surface area contributed by atoms with E-state index in [9.17, 15) is 19.5 Å². The van der Waals surface area contributed by atoms with Crippen molar-refractivity contribution < 1.29 is 29.0 Å². The smallest absolute Gasteiger partial charge is 0.312 e. The van der Waals surface area contributed by atoms with Crippen LogP contribution in [0.25, 0.3) is 0 Å². The highest BCUT2D eigenvalue weighted by Gasteiger charge is 2.79. The van der Waals surface area contributed by atoms with Crippen molar-refractivity contribution in [2.45, 2.75) is 96.6 Å². The lowest BCUT2D eigenvalue weighted by molar-refractivity contribution is -0.160. The molecule has 6 atom stereocenters. The molecule has 1 aromatic carbocycles. The second kappa shape index (κ2) is 9.38. The van der Waals surface area contributed by atoms with Crippen molar-refractivity contribution in [1.29, 1.82) is 0 Å². The molecule has 3 fully saturated rings. The van der Waals surface area contributed by atoms with Gasteiger partial charge in [0.25, 0.3) is 0 Å². The van der Waals surface area contributed by atoms with Crippen LogP contribution >= 0.6 is 0 Å². The Bertz CT molecular complexity index is 1050. The predicted octanol–water partition coefficient (Wildman–Crippen LogP) is 3.38. The summed E-state index contributed by atoms with van der Waals surface area (Å²) in [5, 5.41) is 13.7. The van der Waals surface area contributed by atoms with Gasteiger partial charge in [0.05, 0.1) is 30.8 Å². The van der Waals surface area contributed by atoms with E-state index in [0.717, 1.165) is 12.0 Å². The Hall–Kier alpha value is -2.45. The lowest BCUT2D eigenvalue weighted by Crippen LogP contribution is -2.60. The molecule has 1 spiro atoms. The molecule has 3 aliphatic rings. The summed E-state index contributed by atoms with van der Waals surface area (Å²) in [6.45, 7) is 13.7. The number of rotatable bonds is 8. The zero-order valence-corrected chi connectivity index (χ0v) is 23.2. The molecule has 204 valence electrons. The molecule has 3 saturated heterocycles. The van der Waals surface area contributed by atoms with Crippen LogP contribution in [0.5, 0.6) is 0 Å². The maximum Gasteiger partial charge on any atom is 0.312 e. The Kier molecular flexibility index (Phi) is 6.99. The average molecular weight is 515 g/mol. The van der Waals surface area contributed by atoms with Gasteiger partial charge in [-0.3, -0.25) is 14.4 Å². The van der Waals surface area contributed by atoms with Crippen LogP contribution in [0.4, 0.5) is 0 Å². The van der Waals surface area contributed by atoms with Gasteiger partial charge in [-0.25, -0.2) is 0 Å². The summed E-state index contributed by atoms with van der Waals surface area (Å²) in [6, 6.07) is 7.45. The number of aliphatic hydroxyl groups excluding tert-OH is 1. The van der Waals surface area contributed by atoms with Crippen LogP contribution in [0, 0.1) is 17.3 Å². The van der Waals surface area contributed by atoms with E-state index < -0.39 is 46.6 Å². The van der Waals surface area contributed by atoms with E-state index in [4.69, 9.17) is 9.47 Å². The fraction of sp³-hybridized carbons (Fsp3) is 0.690. The second-order valence-electron chi connectivity index (χ2n) is 12.9. The lowest BCUT2D eigenvalue weighted by atomic mass is 9.66. The summed E-state index contributed by atoms with van der Waals surface area (Å²) in [5.41, 5.74) is -1.94. The third-order valence-electron chi connectivity index (χ3n) is 8.13. The average Bonchev–Trinajstić information content (AvgIpc) is 3.34. The maximum absolute atomic E-state index is 14.3. The number of benzene rings is 1. The highest BCUT2D eigenvalue weighted by Crippen LogP contribution is 2.64. The van der Waals surface area contributed by atoms with Gasteiger partial charge in [0.15, 0.2) is 0 Å². The van der Waals surface area contributed by atoms with Crippen molar-refractivity contribution in [1.82, 2.24) is 10.2 Å². The number of ether oxygens (including phenoxy) is 2. The molecule has 0 saturated carbocycles. The maximum atomic E-state index is 14.3. The van der Waals surface area contributed by atoms with Crippen LogP contribution in [0.1, 0.15) is 79.3 Å². The van der Waals surface area contributed by atoms with E-state index >= 15 is 0 Å². The molecular weight excluding hydrogens is 472 g/mol. The monoisotopic (exact) mass is 514 g/mol. The van der Waals surface area contributed by atoms with Gasteiger partial charge in [-0.05, 0) is 57.9 Å². The SMILES string of the molecule is CCOC(=O)[C@@H]1[C@H]2C(=O)N([C@H](CO)c3ccccc3)C(C(=O)NC(C)(C)CC(C)(C)C)C23CC[C@@]1(C)O3. The number of amides is 2. The minimum absolute atomic E-state index is 0.0365. The second-order valence-corrected chi connectivity index (χ2v) is 12.9. The number of carbonyl (C=O) groups is 3. The third-order valence-corrected chi connectivity index (χ3v) is 8.13. The molecule has 2 amide bonds. The Morgan fingerprint density at radius 2 is 1.84 bits per heavy atom. The molecule has 3 aliphatic heterocycles. The van der Waals surface area contributed by atoms with E-state index in [1.807, 2.05) is 51.1 Å².